The summed E-state index contributed by atoms with van der Waals surface area (Å²) in [5, 5.41) is 0.144. The van der Waals surface area contributed by atoms with E-state index < -0.39 is 15.8 Å². The molecule has 0 aliphatic heterocycles. The topological polar surface area (TPSA) is 72.2 Å². The third kappa shape index (κ3) is 3.23. The summed E-state index contributed by atoms with van der Waals surface area (Å²) in [5.41, 5.74) is 6.04. The van der Waals surface area contributed by atoms with Crippen molar-refractivity contribution in [3.63, 3.8) is 0 Å². The molecule has 8 heteroatoms. The minimum Gasteiger partial charge on any atom is -0.398 e. The zero-order chi connectivity index (χ0) is 14.9. The molecule has 3 N–H and O–H groups in total. The van der Waals surface area contributed by atoms with E-state index >= 15 is 0 Å². The fourth-order valence-electron chi connectivity index (χ4n) is 1.45. The van der Waals surface area contributed by atoms with Gasteiger partial charge in [-0.25, -0.2) is 12.8 Å². The summed E-state index contributed by atoms with van der Waals surface area (Å²) < 4.78 is 39.9. The Morgan fingerprint density at radius 1 is 1.20 bits per heavy atom. The van der Waals surface area contributed by atoms with Gasteiger partial charge in [-0.05, 0) is 52.3 Å². The molecule has 2 aromatic carbocycles. The van der Waals surface area contributed by atoms with Crippen molar-refractivity contribution >= 4 is 48.9 Å². The Morgan fingerprint density at radius 3 is 2.50 bits per heavy atom. The quantitative estimate of drug-likeness (QED) is 0.800. The SMILES string of the molecule is Nc1ccc(S(=O)(=O)Nc2ccc(F)cc2Br)cc1Cl. The lowest BCUT2D eigenvalue weighted by molar-refractivity contribution is 0.601. The van der Waals surface area contributed by atoms with Gasteiger partial charge < -0.3 is 5.73 Å². The van der Waals surface area contributed by atoms with Gasteiger partial charge in [-0.1, -0.05) is 11.6 Å². The summed E-state index contributed by atoms with van der Waals surface area (Å²) in [6, 6.07) is 7.61. The van der Waals surface area contributed by atoms with Gasteiger partial charge in [0, 0.05) is 4.47 Å². The van der Waals surface area contributed by atoms with Crippen LogP contribution in [0.3, 0.4) is 0 Å². The van der Waals surface area contributed by atoms with Crippen LogP contribution >= 0.6 is 27.5 Å². The van der Waals surface area contributed by atoms with Crippen LogP contribution in [0.25, 0.3) is 0 Å². The smallest absolute Gasteiger partial charge is 0.261 e. The van der Waals surface area contributed by atoms with Gasteiger partial charge in [0.25, 0.3) is 10.0 Å². The number of rotatable bonds is 3. The van der Waals surface area contributed by atoms with Crippen LogP contribution in [0.5, 0.6) is 0 Å². The van der Waals surface area contributed by atoms with Crippen molar-refractivity contribution in [2.75, 3.05) is 10.5 Å². The van der Waals surface area contributed by atoms with Crippen LogP contribution in [0.2, 0.25) is 5.02 Å². The van der Waals surface area contributed by atoms with E-state index in [1.807, 2.05) is 0 Å². The summed E-state index contributed by atoms with van der Waals surface area (Å²) >= 11 is 8.88. The molecule has 0 aromatic heterocycles. The lowest BCUT2D eigenvalue weighted by Crippen LogP contribution is -2.13. The van der Waals surface area contributed by atoms with Crippen LogP contribution in [-0.4, -0.2) is 8.42 Å². The van der Waals surface area contributed by atoms with Crippen LogP contribution in [-0.2, 0) is 10.0 Å². The van der Waals surface area contributed by atoms with Crippen molar-refractivity contribution in [2.45, 2.75) is 4.90 Å². The first-order valence-electron chi connectivity index (χ1n) is 5.32. The molecular formula is C12H9BrClFN2O2S. The van der Waals surface area contributed by atoms with Gasteiger partial charge in [0.05, 0.1) is 21.3 Å². The number of anilines is 2. The van der Waals surface area contributed by atoms with Crippen molar-refractivity contribution in [2.24, 2.45) is 0 Å². The third-order valence-corrected chi connectivity index (χ3v) is 4.80. The molecular weight excluding hydrogens is 371 g/mol. The number of nitrogens with one attached hydrogen (secondary N) is 1. The van der Waals surface area contributed by atoms with Gasteiger partial charge in [-0.15, -0.1) is 0 Å². The number of halogens is 3. The standard InChI is InChI=1S/C12H9BrClFN2O2S/c13-9-5-7(15)1-4-12(9)17-20(18,19)8-2-3-11(16)10(14)6-8/h1-6,17H,16H2. The molecule has 0 fully saturated rings. The molecule has 0 radical (unpaired) electrons. The van der Waals surface area contributed by atoms with E-state index in [9.17, 15) is 12.8 Å². The Kier molecular flexibility index (Phi) is 4.22. The molecule has 4 nitrogen and oxygen atoms in total. The molecule has 0 aliphatic rings. The number of hydrogen-bond acceptors (Lipinski definition) is 3. The maximum absolute atomic E-state index is 13.0. The van der Waals surface area contributed by atoms with Crippen molar-refractivity contribution in [1.82, 2.24) is 0 Å². The normalized spacial score (nSPS) is 11.3. The third-order valence-electron chi connectivity index (χ3n) is 2.46. The van der Waals surface area contributed by atoms with Crippen LogP contribution in [0.15, 0.2) is 45.8 Å². The Bertz CT molecular complexity index is 768. The van der Waals surface area contributed by atoms with Gasteiger partial charge in [0.1, 0.15) is 5.82 Å². The monoisotopic (exact) mass is 378 g/mol. The number of hydrogen-bond donors (Lipinski definition) is 2. The van der Waals surface area contributed by atoms with Gasteiger partial charge >= 0.3 is 0 Å². The van der Waals surface area contributed by atoms with E-state index in [2.05, 4.69) is 20.7 Å². The molecule has 0 heterocycles. The highest BCUT2D eigenvalue weighted by molar-refractivity contribution is 9.10. The minimum absolute atomic E-state index is 0.0343. The van der Waals surface area contributed by atoms with E-state index in [1.54, 1.807) is 0 Å². The second-order valence-corrected chi connectivity index (χ2v) is 6.86. The predicted molar refractivity (Wildman–Crippen MR) is 80.8 cm³/mol. The van der Waals surface area contributed by atoms with Crippen LogP contribution < -0.4 is 10.5 Å². The van der Waals surface area contributed by atoms with Gasteiger partial charge in [-0.2, -0.15) is 0 Å². The second kappa shape index (κ2) is 5.59. The molecule has 0 bridgehead atoms. The number of nitrogen functional groups attached to an aromatic ring is 1. The highest BCUT2D eigenvalue weighted by Crippen LogP contribution is 2.27. The van der Waals surface area contributed by atoms with E-state index in [1.165, 1.54) is 24.3 Å². The summed E-state index contributed by atoms with van der Waals surface area (Å²) in [6.07, 6.45) is 0. The van der Waals surface area contributed by atoms with Crippen molar-refractivity contribution in [3.8, 4) is 0 Å². The Hall–Kier alpha value is -1.31. The van der Waals surface area contributed by atoms with Gasteiger partial charge in [0.15, 0.2) is 0 Å². The fraction of sp³-hybridized carbons (Fsp3) is 0. The van der Waals surface area contributed by atoms with Crippen molar-refractivity contribution < 1.29 is 12.8 Å². The van der Waals surface area contributed by atoms with E-state index in [0.717, 1.165) is 12.1 Å². The lowest BCUT2D eigenvalue weighted by Gasteiger charge is -2.10. The highest BCUT2D eigenvalue weighted by Gasteiger charge is 2.17. The van der Waals surface area contributed by atoms with E-state index in [-0.39, 0.29) is 21.3 Å². The summed E-state index contributed by atoms with van der Waals surface area (Å²) in [5.74, 6) is -0.477. The predicted octanol–water partition coefficient (Wildman–Crippen LogP) is 3.62. The molecule has 2 aromatic rings. The molecule has 0 saturated carbocycles. The molecule has 106 valence electrons. The summed E-state index contributed by atoms with van der Waals surface area (Å²) in [4.78, 5) is -0.0343. The van der Waals surface area contributed by atoms with E-state index in [0.29, 0.717) is 4.47 Å². The molecule has 2 rings (SSSR count). The van der Waals surface area contributed by atoms with Crippen LogP contribution in [0, 0.1) is 5.82 Å². The molecule has 0 spiro atoms. The Balaban J connectivity index is 2.38. The van der Waals surface area contributed by atoms with E-state index in [4.69, 9.17) is 17.3 Å². The molecule has 0 amide bonds. The Morgan fingerprint density at radius 2 is 1.90 bits per heavy atom. The molecule has 20 heavy (non-hydrogen) atoms. The van der Waals surface area contributed by atoms with Crippen molar-refractivity contribution in [1.29, 1.82) is 0 Å². The lowest BCUT2D eigenvalue weighted by atomic mass is 10.3. The number of benzene rings is 2. The van der Waals surface area contributed by atoms with Gasteiger partial charge in [0.2, 0.25) is 0 Å². The first-order chi connectivity index (χ1) is 9.29. The maximum atomic E-state index is 13.0. The number of sulfonamides is 1. The number of nitrogens with two attached hydrogens (primary N) is 1. The maximum Gasteiger partial charge on any atom is 0.261 e. The average molecular weight is 380 g/mol. The largest absolute Gasteiger partial charge is 0.398 e. The van der Waals surface area contributed by atoms with Crippen LogP contribution in [0.4, 0.5) is 15.8 Å². The first kappa shape index (κ1) is 15.1. The molecule has 0 unspecified atom stereocenters. The minimum atomic E-state index is -3.83. The zero-order valence-electron chi connectivity index (χ0n) is 9.90. The van der Waals surface area contributed by atoms with Gasteiger partial charge in [-0.3, -0.25) is 4.72 Å². The second-order valence-electron chi connectivity index (χ2n) is 3.91. The highest BCUT2D eigenvalue weighted by atomic mass is 79.9. The average Bonchev–Trinajstić information content (AvgIpc) is 2.36. The van der Waals surface area contributed by atoms with Crippen LogP contribution in [0.1, 0.15) is 0 Å². The first-order valence-corrected chi connectivity index (χ1v) is 7.98. The Labute approximate surface area is 128 Å². The summed E-state index contributed by atoms with van der Waals surface area (Å²) in [6.45, 7) is 0. The molecule has 0 saturated heterocycles. The van der Waals surface area contributed by atoms with Crippen molar-refractivity contribution in [3.05, 3.63) is 51.7 Å². The molecule has 0 atom stereocenters. The summed E-state index contributed by atoms with van der Waals surface area (Å²) in [7, 11) is -3.83. The zero-order valence-corrected chi connectivity index (χ0v) is 13.1. The molecule has 0 aliphatic carbocycles. The fourth-order valence-corrected chi connectivity index (χ4v) is 3.38.